The predicted molar refractivity (Wildman–Crippen MR) is 48.8 cm³/mol. The SMILES string of the molecule is CCCNC(=O)CNC(N)=NC. The number of rotatable bonds is 4. The quantitative estimate of drug-likeness (QED) is 0.378. The Morgan fingerprint density at radius 1 is 1.50 bits per heavy atom. The third-order valence-corrected chi connectivity index (χ3v) is 1.24. The van der Waals surface area contributed by atoms with Gasteiger partial charge >= 0.3 is 0 Å². The second-order valence-electron chi connectivity index (χ2n) is 2.31. The molecule has 0 aromatic carbocycles. The number of nitrogens with zero attached hydrogens (tertiary/aromatic N) is 1. The van der Waals surface area contributed by atoms with Gasteiger partial charge < -0.3 is 16.4 Å². The van der Waals surface area contributed by atoms with Gasteiger partial charge in [-0.05, 0) is 6.42 Å². The molecule has 0 saturated heterocycles. The number of carbonyl (C=O) groups excluding carboxylic acids is 1. The number of carbonyl (C=O) groups is 1. The van der Waals surface area contributed by atoms with Gasteiger partial charge in [0, 0.05) is 13.6 Å². The zero-order valence-corrected chi connectivity index (χ0v) is 7.55. The second-order valence-corrected chi connectivity index (χ2v) is 2.31. The van der Waals surface area contributed by atoms with Gasteiger partial charge in [-0.2, -0.15) is 0 Å². The van der Waals surface area contributed by atoms with Crippen molar-refractivity contribution < 1.29 is 4.79 Å². The molecule has 0 saturated carbocycles. The molecule has 0 rings (SSSR count). The lowest BCUT2D eigenvalue weighted by molar-refractivity contribution is -0.119. The van der Waals surface area contributed by atoms with Gasteiger partial charge in [-0.3, -0.25) is 9.79 Å². The second kappa shape index (κ2) is 6.45. The van der Waals surface area contributed by atoms with Crippen molar-refractivity contribution in [3.05, 3.63) is 0 Å². The number of amides is 1. The molecule has 12 heavy (non-hydrogen) atoms. The third kappa shape index (κ3) is 5.52. The number of guanidine groups is 1. The van der Waals surface area contributed by atoms with Crippen LogP contribution in [0.3, 0.4) is 0 Å². The zero-order chi connectivity index (χ0) is 9.40. The molecule has 0 spiro atoms. The highest BCUT2D eigenvalue weighted by Crippen LogP contribution is 1.70. The number of hydrogen-bond acceptors (Lipinski definition) is 2. The fourth-order valence-corrected chi connectivity index (χ4v) is 0.577. The Morgan fingerprint density at radius 2 is 2.17 bits per heavy atom. The van der Waals surface area contributed by atoms with Gasteiger partial charge in [0.15, 0.2) is 5.96 Å². The zero-order valence-electron chi connectivity index (χ0n) is 7.55. The summed E-state index contributed by atoms with van der Waals surface area (Å²) in [5.74, 6) is 0.213. The molecular formula is C7H16N4O. The Hall–Kier alpha value is -1.26. The van der Waals surface area contributed by atoms with Gasteiger partial charge in [-0.15, -0.1) is 0 Å². The smallest absolute Gasteiger partial charge is 0.239 e. The first kappa shape index (κ1) is 10.7. The summed E-state index contributed by atoms with van der Waals surface area (Å²) in [5.41, 5.74) is 5.31. The number of nitrogens with one attached hydrogen (secondary N) is 2. The van der Waals surface area contributed by atoms with Gasteiger partial charge in [-0.25, -0.2) is 0 Å². The van der Waals surface area contributed by atoms with Gasteiger partial charge in [0.25, 0.3) is 0 Å². The summed E-state index contributed by atoms with van der Waals surface area (Å²) in [6, 6.07) is 0. The van der Waals surface area contributed by atoms with Crippen LogP contribution < -0.4 is 16.4 Å². The fraction of sp³-hybridized carbons (Fsp3) is 0.714. The highest BCUT2D eigenvalue weighted by molar-refractivity contribution is 5.85. The summed E-state index contributed by atoms with van der Waals surface area (Å²) in [5, 5.41) is 5.36. The Bertz CT molecular complexity index is 167. The van der Waals surface area contributed by atoms with E-state index in [-0.39, 0.29) is 18.4 Å². The van der Waals surface area contributed by atoms with Crippen molar-refractivity contribution in [1.82, 2.24) is 10.6 Å². The van der Waals surface area contributed by atoms with Crippen molar-refractivity contribution in [2.24, 2.45) is 10.7 Å². The molecule has 0 aromatic heterocycles. The van der Waals surface area contributed by atoms with Gasteiger partial charge in [0.05, 0.1) is 6.54 Å². The lowest BCUT2D eigenvalue weighted by Gasteiger charge is -2.04. The first-order valence-corrected chi connectivity index (χ1v) is 3.93. The normalized spacial score (nSPS) is 11.0. The first-order chi connectivity index (χ1) is 5.70. The third-order valence-electron chi connectivity index (χ3n) is 1.24. The average Bonchev–Trinajstić information content (AvgIpc) is 2.10. The maximum Gasteiger partial charge on any atom is 0.239 e. The molecule has 5 nitrogen and oxygen atoms in total. The van der Waals surface area contributed by atoms with E-state index in [0.717, 1.165) is 6.42 Å². The lowest BCUT2D eigenvalue weighted by atomic mass is 10.4. The van der Waals surface area contributed by atoms with E-state index in [1.165, 1.54) is 0 Å². The van der Waals surface area contributed by atoms with Crippen LogP contribution in [0.15, 0.2) is 4.99 Å². The van der Waals surface area contributed by atoms with Gasteiger partial charge in [0.1, 0.15) is 0 Å². The van der Waals surface area contributed by atoms with Crippen LogP contribution in [-0.2, 0) is 4.79 Å². The number of aliphatic imine (C=N–C) groups is 1. The van der Waals surface area contributed by atoms with Crippen LogP contribution in [0.1, 0.15) is 13.3 Å². The molecule has 4 N–H and O–H groups in total. The van der Waals surface area contributed by atoms with Crippen LogP contribution >= 0.6 is 0 Å². The Labute approximate surface area is 72.4 Å². The molecule has 0 aromatic rings. The van der Waals surface area contributed by atoms with Crippen LogP contribution in [-0.4, -0.2) is 32.0 Å². The van der Waals surface area contributed by atoms with Crippen molar-refractivity contribution in [1.29, 1.82) is 0 Å². The molecule has 1 amide bonds. The Kier molecular flexibility index (Phi) is 5.77. The van der Waals surface area contributed by atoms with E-state index in [2.05, 4.69) is 15.6 Å². The molecular weight excluding hydrogens is 156 g/mol. The average molecular weight is 172 g/mol. The van der Waals surface area contributed by atoms with E-state index in [0.29, 0.717) is 6.54 Å². The maximum atomic E-state index is 10.9. The van der Waals surface area contributed by atoms with E-state index >= 15 is 0 Å². The molecule has 0 bridgehead atoms. The number of nitrogens with two attached hydrogens (primary N) is 1. The maximum absolute atomic E-state index is 10.9. The van der Waals surface area contributed by atoms with E-state index in [9.17, 15) is 4.79 Å². The van der Waals surface area contributed by atoms with Crippen molar-refractivity contribution >= 4 is 11.9 Å². The van der Waals surface area contributed by atoms with Crippen LogP contribution in [0.25, 0.3) is 0 Å². The summed E-state index contributed by atoms with van der Waals surface area (Å²) in [6.07, 6.45) is 0.934. The van der Waals surface area contributed by atoms with Crippen LogP contribution in [0.4, 0.5) is 0 Å². The minimum atomic E-state index is -0.0662. The minimum Gasteiger partial charge on any atom is -0.370 e. The highest BCUT2D eigenvalue weighted by atomic mass is 16.1. The van der Waals surface area contributed by atoms with E-state index in [1.807, 2.05) is 6.92 Å². The Balaban J connectivity index is 3.44. The minimum absolute atomic E-state index is 0.0662. The molecule has 0 aliphatic rings. The molecule has 0 radical (unpaired) electrons. The van der Waals surface area contributed by atoms with E-state index in [4.69, 9.17) is 5.73 Å². The van der Waals surface area contributed by atoms with Crippen molar-refractivity contribution in [2.75, 3.05) is 20.1 Å². The van der Waals surface area contributed by atoms with Crippen molar-refractivity contribution in [3.63, 3.8) is 0 Å². The molecule has 0 fully saturated rings. The first-order valence-electron chi connectivity index (χ1n) is 3.93. The monoisotopic (exact) mass is 172 g/mol. The van der Waals surface area contributed by atoms with Crippen LogP contribution in [0.2, 0.25) is 0 Å². The van der Waals surface area contributed by atoms with Gasteiger partial charge in [0.2, 0.25) is 5.91 Å². The molecule has 70 valence electrons. The molecule has 0 aliphatic carbocycles. The molecule has 0 unspecified atom stereocenters. The summed E-state index contributed by atoms with van der Waals surface area (Å²) in [4.78, 5) is 14.6. The summed E-state index contributed by atoms with van der Waals surface area (Å²) < 4.78 is 0. The largest absolute Gasteiger partial charge is 0.370 e. The van der Waals surface area contributed by atoms with E-state index in [1.54, 1.807) is 7.05 Å². The topological polar surface area (TPSA) is 79.5 Å². The standard InChI is InChI=1S/C7H16N4O/c1-3-4-10-6(12)5-11-7(8)9-2/h3-5H2,1-2H3,(H,10,12)(H3,8,9,11). The molecule has 0 heterocycles. The predicted octanol–water partition coefficient (Wildman–Crippen LogP) is -0.953. The Morgan fingerprint density at radius 3 is 2.67 bits per heavy atom. The summed E-state index contributed by atoms with van der Waals surface area (Å²) >= 11 is 0. The van der Waals surface area contributed by atoms with E-state index < -0.39 is 0 Å². The molecule has 0 atom stereocenters. The fourth-order valence-electron chi connectivity index (χ4n) is 0.577. The van der Waals surface area contributed by atoms with Crippen molar-refractivity contribution in [3.8, 4) is 0 Å². The lowest BCUT2D eigenvalue weighted by Crippen LogP contribution is -2.40. The molecule has 5 heteroatoms. The highest BCUT2D eigenvalue weighted by Gasteiger charge is 1.98. The molecule has 0 aliphatic heterocycles. The van der Waals surface area contributed by atoms with Crippen molar-refractivity contribution in [2.45, 2.75) is 13.3 Å². The summed E-state index contributed by atoms with van der Waals surface area (Å²) in [7, 11) is 1.56. The van der Waals surface area contributed by atoms with Crippen LogP contribution in [0, 0.1) is 0 Å². The number of hydrogen-bond donors (Lipinski definition) is 3. The summed E-state index contributed by atoms with van der Waals surface area (Å²) in [6.45, 7) is 2.88. The van der Waals surface area contributed by atoms with Gasteiger partial charge in [-0.1, -0.05) is 6.92 Å². The van der Waals surface area contributed by atoms with Crippen LogP contribution in [0.5, 0.6) is 0 Å².